The normalized spacial score (nSPS) is 19.2. The molecule has 0 bridgehead atoms. The van der Waals surface area contributed by atoms with Gasteiger partial charge < -0.3 is 10.5 Å². The summed E-state index contributed by atoms with van der Waals surface area (Å²) in [6, 6.07) is 6.79. The highest BCUT2D eigenvalue weighted by molar-refractivity contribution is 7.15. The number of thiazole rings is 1. The molecular weight excluding hydrogens is 313 g/mol. The average molecular weight is 330 g/mol. The van der Waals surface area contributed by atoms with E-state index in [9.17, 15) is 4.39 Å². The lowest BCUT2D eigenvalue weighted by Gasteiger charge is -2.32. The van der Waals surface area contributed by atoms with Crippen LogP contribution in [0.4, 0.5) is 9.52 Å². The Labute approximate surface area is 133 Å². The molecule has 2 aromatic rings. The molecule has 4 nitrogen and oxygen atoms in total. The van der Waals surface area contributed by atoms with Crippen LogP contribution in [0.2, 0.25) is 0 Å². The number of benzene rings is 1. The van der Waals surface area contributed by atoms with Crippen molar-refractivity contribution < 1.29 is 9.13 Å². The second-order valence-electron chi connectivity index (χ2n) is 4.78. The molecule has 7 heteroatoms. The summed E-state index contributed by atoms with van der Waals surface area (Å²) in [5, 5.41) is 0.582. The topological polar surface area (TPSA) is 51.4 Å². The van der Waals surface area contributed by atoms with Gasteiger partial charge in [-0.2, -0.15) is 0 Å². The lowest BCUT2D eigenvalue weighted by Crippen LogP contribution is -2.37. The zero-order valence-electron chi connectivity index (χ0n) is 11.4. The third kappa shape index (κ3) is 3.91. The first kappa shape index (κ1) is 16.2. The third-order valence-corrected chi connectivity index (χ3v) is 4.16. The Bertz CT molecular complexity index is 595. The molecule has 1 saturated heterocycles. The standard InChI is InChI=1S/C14H16FN3OS.ClH/c15-12-4-2-1-3-11(12)13-9-18(5-6-19-13)8-10-7-17-14(16)20-10;/h1-4,7,13H,5-6,8-9H2,(H2,16,17);1H. The first-order valence-corrected chi connectivity index (χ1v) is 7.32. The molecule has 0 amide bonds. The third-order valence-electron chi connectivity index (χ3n) is 3.35. The van der Waals surface area contributed by atoms with Gasteiger partial charge >= 0.3 is 0 Å². The summed E-state index contributed by atoms with van der Waals surface area (Å²) in [5.74, 6) is -0.207. The Morgan fingerprint density at radius 3 is 2.95 bits per heavy atom. The van der Waals surface area contributed by atoms with Crippen molar-refractivity contribution in [3.05, 3.63) is 46.7 Å². The van der Waals surface area contributed by atoms with Gasteiger partial charge in [0, 0.05) is 36.3 Å². The molecule has 1 aliphatic rings. The van der Waals surface area contributed by atoms with Crippen LogP contribution in [0.3, 0.4) is 0 Å². The maximum Gasteiger partial charge on any atom is 0.180 e. The van der Waals surface area contributed by atoms with Crippen molar-refractivity contribution in [3.63, 3.8) is 0 Å². The number of rotatable bonds is 3. The van der Waals surface area contributed by atoms with E-state index >= 15 is 0 Å². The van der Waals surface area contributed by atoms with Gasteiger partial charge in [0.15, 0.2) is 5.13 Å². The first-order chi connectivity index (χ1) is 9.72. The molecule has 1 aromatic heterocycles. The fourth-order valence-electron chi connectivity index (χ4n) is 2.39. The van der Waals surface area contributed by atoms with Crippen LogP contribution in [0.15, 0.2) is 30.5 Å². The predicted molar refractivity (Wildman–Crippen MR) is 84.1 cm³/mol. The molecule has 1 atom stereocenters. The number of nitrogens with two attached hydrogens (primary N) is 1. The number of hydrogen-bond donors (Lipinski definition) is 1. The number of halogens is 2. The van der Waals surface area contributed by atoms with Gasteiger partial charge in [-0.25, -0.2) is 9.37 Å². The van der Waals surface area contributed by atoms with E-state index in [2.05, 4.69) is 9.88 Å². The van der Waals surface area contributed by atoms with Crippen molar-refractivity contribution >= 4 is 28.9 Å². The Morgan fingerprint density at radius 2 is 2.24 bits per heavy atom. The number of anilines is 1. The van der Waals surface area contributed by atoms with E-state index in [4.69, 9.17) is 10.5 Å². The summed E-state index contributed by atoms with van der Waals surface area (Å²) in [7, 11) is 0. The van der Waals surface area contributed by atoms with E-state index in [1.807, 2.05) is 6.07 Å². The van der Waals surface area contributed by atoms with Crippen molar-refractivity contribution in [2.45, 2.75) is 12.6 Å². The fraction of sp³-hybridized carbons (Fsp3) is 0.357. The minimum atomic E-state index is -0.213. The Kier molecular flexibility index (Phi) is 5.52. The smallest absolute Gasteiger partial charge is 0.180 e. The van der Waals surface area contributed by atoms with Gasteiger partial charge in [-0.3, -0.25) is 4.90 Å². The minimum Gasteiger partial charge on any atom is -0.375 e. The molecule has 2 N–H and O–H groups in total. The molecular formula is C14H17ClFN3OS. The molecule has 114 valence electrons. The lowest BCUT2D eigenvalue weighted by atomic mass is 10.1. The maximum atomic E-state index is 13.8. The van der Waals surface area contributed by atoms with E-state index in [-0.39, 0.29) is 24.3 Å². The van der Waals surface area contributed by atoms with Crippen LogP contribution in [0.5, 0.6) is 0 Å². The molecule has 1 fully saturated rings. The number of nitrogen functional groups attached to an aromatic ring is 1. The molecule has 1 aromatic carbocycles. The van der Waals surface area contributed by atoms with Gasteiger partial charge in [0.1, 0.15) is 5.82 Å². The van der Waals surface area contributed by atoms with Crippen LogP contribution in [0.25, 0.3) is 0 Å². The predicted octanol–water partition coefficient (Wildman–Crippen LogP) is 2.86. The van der Waals surface area contributed by atoms with Crippen LogP contribution in [0, 0.1) is 5.82 Å². The maximum absolute atomic E-state index is 13.8. The number of hydrogen-bond acceptors (Lipinski definition) is 5. The molecule has 3 rings (SSSR count). The van der Waals surface area contributed by atoms with Crippen LogP contribution >= 0.6 is 23.7 Å². The highest BCUT2D eigenvalue weighted by Gasteiger charge is 2.24. The van der Waals surface area contributed by atoms with Crippen LogP contribution in [0.1, 0.15) is 16.5 Å². The number of morpholine rings is 1. The van der Waals surface area contributed by atoms with Crippen molar-refractivity contribution in [3.8, 4) is 0 Å². The highest BCUT2D eigenvalue weighted by atomic mass is 35.5. The van der Waals surface area contributed by atoms with Gasteiger partial charge in [0.05, 0.1) is 12.7 Å². The lowest BCUT2D eigenvalue weighted by molar-refractivity contribution is -0.0341. The van der Waals surface area contributed by atoms with Crippen LogP contribution < -0.4 is 5.73 Å². The largest absolute Gasteiger partial charge is 0.375 e. The van der Waals surface area contributed by atoms with Crippen LogP contribution in [-0.2, 0) is 11.3 Å². The summed E-state index contributed by atoms with van der Waals surface area (Å²) in [6.07, 6.45) is 1.59. The molecule has 0 aliphatic carbocycles. The van der Waals surface area contributed by atoms with Gasteiger partial charge in [0.25, 0.3) is 0 Å². The van der Waals surface area contributed by atoms with Crippen molar-refractivity contribution in [1.29, 1.82) is 0 Å². The molecule has 0 radical (unpaired) electrons. The molecule has 1 unspecified atom stereocenters. The summed E-state index contributed by atoms with van der Waals surface area (Å²) < 4.78 is 19.5. The summed E-state index contributed by atoms with van der Waals surface area (Å²) in [6.45, 7) is 2.90. The quantitative estimate of drug-likeness (QED) is 0.940. The van der Waals surface area contributed by atoms with Gasteiger partial charge in [-0.1, -0.05) is 18.2 Å². The minimum absolute atomic E-state index is 0. The van der Waals surface area contributed by atoms with E-state index in [0.717, 1.165) is 18.0 Å². The van der Waals surface area contributed by atoms with Crippen molar-refractivity contribution in [2.24, 2.45) is 0 Å². The molecule has 0 spiro atoms. The van der Waals surface area contributed by atoms with Crippen molar-refractivity contribution in [2.75, 3.05) is 25.4 Å². The zero-order chi connectivity index (χ0) is 13.9. The van der Waals surface area contributed by atoms with Gasteiger partial charge in [0.2, 0.25) is 0 Å². The first-order valence-electron chi connectivity index (χ1n) is 6.51. The second kappa shape index (κ2) is 7.17. The molecule has 2 heterocycles. The Morgan fingerprint density at radius 1 is 1.43 bits per heavy atom. The fourth-order valence-corrected chi connectivity index (χ4v) is 3.11. The zero-order valence-corrected chi connectivity index (χ0v) is 13.0. The Balaban J connectivity index is 0.00000161. The number of ether oxygens (including phenoxy) is 1. The second-order valence-corrected chi connectivity index (χ2v) is 5.93. The van der Waals surface area contributed by atoms with E-state index < -0.39 is 0 Å². The van der Waals surface area contributed by atoms with E-state index in [1.165, 1.54) is 17.4 Å². The van der Waals surface area contributed by atoms with E-state index in [1.54, 1.807) is 18.3 Å². The van der Waals surface area contributed by atoms with Crippen LogP contribution in [-0.4, -0.2) is 29.6 Å². The summed E-state index contributed by atoms with van der Waals surface area (Å²) in [4.78, 5) is 7.42. The molecule has 21 heavy (non-hydrogen) atoms. The SMILES string of the molecule is Cl.Nc1ncc(CN2CCOC(c3ccccc3F)C2)s1. The molecule has 1 aliphatic heterocycles. The van der Waals surface area contributed by atoms with E-state index in [0.29, 0.717) is 23.8 Å². The van der Waals surface area contributed by atoms with Gasteiger partial charge in [-0.15, -0.1) is 23.7 Å². The average Bonchev–Trinajstić information content (AvgIpc) is 2.85. The summed E-state index contributed by atoms with van der Waals surface area (Å²) >= 11 is 1.49. The van der Waals surface area contributed by atoms with Gasteiger partial charge in [-0.05, 0) is 6.07 Å². The molecule has 0 saturated carbocycles. The van der Waals surface area contributed by atoms with Crippen molar-refractivity contribution in [1.82, 2.24) is 9.88 Å². The Hall–Kier alpha value is -1.21. The number of aromatic nitrogens is 1. The summed E-state index contributed by atoms with van der Waals surface area (Å²) in [5.41, 5.74) is 6.26. The number of nitrogens with zero attached hydrogens (tertiary/aromatic N) is 2. The highest BCUT2D eigenvalue weighted by Crippen LogP contribution is 2.26. The monoisotopic (exact) mass is 329 g/mol.